The van der Waals surface area contributed by atoms with Gasteiger partial charge in [-0.05, 0) is 25.0 Å². The molecule has 0 saturated carbocycles. The third-order valence-corrected chi connectivity index (χ3v) is 2.76. The van der Waals surface area contributed by atoms with Gasteiger partial charge in [-0.15, -0.1) is 0 Å². The molecule has 21 heavy (non-hydrogen) atoms. The number of carbonyl (C=O) groups excluding carboxylic acids is 1. The van der Waals surface area contributed by atoms with Gasteiger partial charge in [0.15, 0.2) is 0 Å². The number of anilines is 1. The number of nitrogens with zero attached hydrogens (tertiary/aromatic N) is 2. The summed E-state index contributed by atoms with van der Waals surface area (Å²) in [4.78, 5) is 32.9. The molecule has 0 radical (unpaired) electrons. The zero-order valence-electron chi connectivity index (χ0n) is 11.7. The zero-order valence-corrected chi connectivity index (χ0v) is 11.7. The van der Waals surface area contributed by atoms with Crippen molar-refractivity contribution >= 4 is 11.7 Å². The maximum Gasteiger partial charge on any atom is 0.271 e. The highest BCUT2D eigenvalue weighted by Crippen LogP contribution is 2.03. The maximum atomic E-state index is 11.7. The Balaban J connectivity index is 1.67. The summed E-state index contributed by atoms with van der Waals surface area (Å²) in [6, 6.07) is 3.90. The fourth-order valence-electron chi connectivity index (χ4n) is 1.64. The minimum Gasteiger partial charge on any atom is -0.370 e. The molecule has 0 aromatic carbocycles. The van der Waals surface area contributed by atoms with Crippen LogP contribution >= 0.6 is 0 Å². The lowest BCUT2D eigenvalue weighted by atomic mass is 10.3. The number of aromatic amines is 1. The van der Waals surface area contributed by atoms with E-state index in [9.17, 15) is 9.59 Å². The SMILES string of the molecule is Cc1ccc(NCCCNC(=O)c2c[nH]c(=O)cn2)nc1. The lowest BCUT2D eigenvalue weighted by Gasteiger charge is -2.06. The van der Waals surface area contributed by atoms with Crippen LogP contribution in [-0.2, 0) is 0 Å². The van der Waals surface area contributed by atoms with E-state index in [0.29, 0.717) is 13.1 Å². The van der Waals surface area contributed by atoms with Crippen molar-refractivity contribution in [3.8, 4) is 0 Å². The third-order valence-electron chi connectivity index (χ3n) is 2.76. The molecule has 2 rings (SSSR count). The van der Waals surface area contributed by atoms with Gasteiger partial charge in [0.1, 0.15) is 11.5 Å². The second kappa shape index (κ2) is 7.18. The van der Waals surface area contributed by atoms with E-state index in [0.717, 1.165) is 24.0 Å². The molecule has 0 aliphatic heterocycles. The van der Waals surface area contributed by atoms with Gasteiger partial charge in [0.25, 0.3) is 11.5 Å². The molecule has 7 nitrogen and oxygen atoms in total. The van der Waals surface area contributed by atoms with Crippen LogP contribution in [0.3, 0.4) is 0 Å². The van der Waals surface area contributed by atoms with Gasteiger partial charge >= 0.3 is 0 Å². The molecule has 0 spiro atoms. The highest BCUT2D eigenvalue weighted by atomic mass is 16.2. The minimum atomic E-state index is -0.332. The molecule has 2 aromatic rings. The van der Waals surface area contributed by atoms with Crippen LogP contribution < -0.4 is 16.2 Å². The second-order valence-corrected chi connectivity index (χ2v) is 4.55. The Morgan fingerprint density at radius 3 is 2.76 bits per heavy atom. The van der Waals surface area contributed by atoms with Crippen LogP contribution in [0.2, 0.25) is 0 Å². The van der Waals surface area contributed by atoms with Crippen molar-refractivity contribution in [3.05, 3.63) is 52.3 Å². The number of aromatic nitrogens is 3. The summed E-state index contributed by atoms with van der Waals surface area (Å²) in [6.45, 7) is 3.20. The molecule has 110 valence electrons. The second-order valence-electron chi connectivity index (χ2n) is 4.55. The topological polar surface area (TPSA) is 99.8 Å². The summed E-state index contributed by atoms with van der Waals surface area (Å²) in [5.74, 6) is 0.508. The van der Waals surface area contributed by atoms with Crippen LogP contribution in [0.1, 0.15) is 22.5 Å². The summed E-state index contributed by atoms with van der Waals surface area (Å²) in [7, 11) is 0. The summed E-state index contributed by atoms with van der Waals surface area (Å²) < 4.78 is 0. The molecule has 0 aliphatic carbocycles. The fourth-order valence-corrected chi connectivity index (χ4v) is 1.64. The fraction of sp³-hybridized carbons (Fsp3) is 0.286. The number of hydrogen-bond donors (Lipinski definition) is 3. The number of H-pyrrole nitrogens is 1. The average molecular weight is 287 g/mol. The van der Waals surface area contributed by atoms with Crippen LogP contribution in [-0.4, -0.2) is 33.9 Å². The Bertz CT molecular complexity index is 631. The number of carbonyl (C=O) groups is 1. The number of hydrogen-bond acceptors (Lipinski definition) is 5. The van der Waals surface area contributed by atoms with Crippen molar-refractivity contribution in [1.82, 2.24) is 20.3 Å². The summed E-state index contributed by atoms with van der Waals surface area (Å²) in [6.07, 6.45) is 4.93. The first-order valence-electron chi connectivity index (χ1n) is 6.64. The normalized spacial score (nSPS) is 10.1. The van der Waals surface area contributed by atoms with Gasteiger partial charge in [0.05, 0.1) is 6.20 Å². The van der Waals surface area contributed by atoms with Crippen molar-refractivity contribution in [3.63, 3.8) is 0 Å². The van der Waals surface area contributed by atoms with Gasteiger partial charge in [-0.1, -0.05) is 6.07 Å². The molecule has 0 atom stereocenters. The number of pyridine rings is 1. The molecule has 0 fully saturated rings. The molecule has 0 saturated heterocycles. The molecule has 3 N–H and O–H groups in total. The molecule has 7 heteroatoms. The first-order valence-corrected chi connectivity index (χ1v) is 6.64. The third kappa shape index (κ3) is 4.72. The van der Waals surface area contributed by atoms with Crippen molar-refractivity contribution in [1.29, 1.82) is 0 Å². The molecule has 0 unspecified atom stereocenters. The van der Waals surface area contributed by atoms with E-state index < -0.39 is 0 Å². The predicted octanol–water partition coefficient (Wildman–Crippen LogP) is 0.705. The standard InChI is InChI=1S/C14H17N5O2/c1-10-3-4-12(18-7-10)15-5-2-6-16-14(21)11-8-19-13(20)9-17-11/h3-4,7-9H,2,5-6H2,1H3,(H,15,18)(H,16,21)(H,19,20). The van der Waals surface area contributed by atoms with Crippen LogP contribution in [0.15, 0.2) is 35.5 Å². The monoisotopic (exact) mass is 287 g/mol. The van der Waals surface area contributed by atoms with Crippen molar-refractivity contribution in [2.45, 2.75) is 13.3 Å². The molecular weight excluding hydrogens is 270 g/mol. The molecule has 0 bridgehead atoms. The maximum absolute atomic E-state index is 11.7. The molecular formula is C14H17N5O2. The van der Waals surface area contributed by atoms with E-state index in [1.807, 2.05) is 19.1 Å². The van der Waals surface area contributed by atoms with E-state index >= 15 is 0 Å². The summed E-state index contributed by atoms with van der Waals surface area (Å²) >= 11 is 0. The smallest absolute Gasteiger partial charge is 0.271 e. The number of nitrogens with one attached hydrogen (secondary N) is 3. The van der Waals surface area contributed by atoms with Gasteiger partial charge < -0.3 is 15.6 Å². The van der Waals surface area contributed by atoms with E-state index in [1.54, 1.807) is 6.20 Å². The Labute approximate surface area is 121 Å². The van der Waals surface area contributed by atoms with E-state index in [-0.39, 0.29) is 17.2 Å². The van der Waals surface area contributed by atoms with Gasteiger partial charge in [-0.2, -0.15) is 0 Å². The first kappa shape index (κ1) is 14.7. The zero-order chi connectivity index (χ0) is 15.1. The summed E-state index contributed by atoms with van der Waals surface area (Å²) in [5, 5.41) is 5.90. The lowest BCUT2D eigenvalue weighted by molar-refractivity contribution is 0.0948. The molecule has 2 heterocycles. The summed E-state index contributed by atoms with van der Waals surface area (Å²) in [5.41, 5.74) is 0.977. The molecule has 1 amide bonds. The van der Waals surface area contributed by atoms with Crippen LogP contribution in [0.25, 0.3) is 0 Å². The Kier molecular flexibility index (Phi) is 5.03. The highest BCUT2D eigenvalue weighted by molar-refractivity contribution is 5.91. The van der Waals surface area contributed by atoms with Crippen molar-refractivity contribution < 1.29 is 4.79 Å². The molecule has 0 aliphatic rings. The quantitative estimate of drug-likeness (QED) is 0.679. The highest BCUT2D eigenvalue weighted by Gasteiger charge is 2.05. The van der Waals surface area contributed by atoms with Crippen LogP contribution in [0.5, 0.6) is 0 Å². The van der Waals surface area contributed by atoms with E-state index in [1.165, 1.54) is 6.20 Å². The predicted molar refractivity (Wildman–Crippen MR) is 79.3 cm³/mol. The Hall–Kier alpha value is -2.70. The Morgan fingerprint density at radius 2 is 2.10 bits per heavy atom. The van der Waals surface area contributed by atoms with Crippen molar-refractivity contribution in [2.24, 2.45) is 0 Å². The van der Waals surface area contributed by atoms with Gasteiger partial charge in [0, 0.05) is 25.5 Å². The first-order chi connectivity index (χ1) is 10.1. The van der Waals surface area contributed by atoms with Gasteiger partial charge in [-0.25, -0.2) is 9.97 Å². The Morgan fingerprint density at radius 1 is 1.24 bits per heavy atom. The average Bonchev–Trinajstić information content (AvgIpc) is 2.49. The lowest BCUT2D eigenvalue weighted by Crippen LogP contribution is -2.27. The number of rotatable bonds is 6. The van der Waals surface area contributed by atoms with E-state index in [4.69, 9.17) is 0 Å². The van der Waals surface area contributed by atoms with Crippen molar-refractivity contribution in [2.75, 3.05) is 18.4 Å². The number of amides is 1. The largest absolute Gasteiger partial charge is 0.370 e. The molecule has 2 aromatic heterocycles. The van der Waals surface area contributed by atoms with Gasteiger partial charge in [-0.3, -0.25) is 9.59 Å². The van der Waals surface area contributed by atoms with Gasteiger partial charge in [0.2, 0.25) is 0 Å². The van der Waals surface area contributed by atoms with E-state index in [2.05, 4.69) is 25.6 Å². The minimum absolute atomic E-state index is 0.197. The van der Waals surface area contributed by atoms with Crippen LogP contribution in [0.4, 0.5) is 5.82 Å². The van der Waals surface area contributed by atoms with Crippen LogP contribution in [0, 0.1) is 6.92 Å². The number of aryl methyl sites for hydroxylation is 1.